The fraction of sp³-hybridized carbons (Fsp3) is 0.917. The van der Waals surface area contributed by atoms with E-state index in [-0.39, 0.29) is 5.78 Å². The number of ketones is 1. The molecule has 0 atom stereocenters. The number of hydrogen-bond donors (Lipinski definition) is 0. The Hall–Kier alpha value is 0.890. The van der Waals surface area contributed by atoms with Gasteiger partial charge in [0.05, 0.1) is 5.75 Å². The van der Waals surface area contributed by atoms with Gasteiger partial charge < -0.3 is 0 Å². The minimum absolute atomic E-state index is 0.298. The lowest BCUT2D eigenvalue weighted by Crippen LogP contribution is -2.21. The van der Waals surface area contributed by atoms with Crippen molar-refractivity contribution >= 4 is 52.3 Å². The maximum Gasteiger partial charge on any atom is 0.249 e. The number of rotatable bonds is 10. The summed E-state index contributed by atoms with van der Waals surface area (Å²) in [5.41, 5.74) is 0. The first-order valence-electron chi connectivity index (χ1n) is 6.16. The van der Waals surface area contributed by atoms with Gasteiger partial charge in [-0.05, 0) is 12.2 Å². The highest BCUT2D eigenvalue weighted by Crippen LogP contribution is 2.28. The zero-order chi connectivity index (χ0) is 13.1. The van der Waals surface area contributed by atoms with Gasteiger partial charge in [-0.1, -0.05) is 80.3 Å². The van der Waals surface area contributed by atoms with Gasteiger partial charge in [-0.3, -0.25) is 4.79 Å². The number of halogens is 3. The van der Waals surface area contributed by atoms with E-state index in [1.54, 1.807) is 11.8 Å². The lowest BCUT2D eigenvalue weighted by atomic mass is 10.1. The number of unbranched alkanes of at least 4 members (excludes halogenated alkanes) is 6. The van der Waals surface area contributed by atoms with Gasteiger partial charge in [-0.15, -0.1) is 0 Å². The van der Waals surface area contributed by atoms with E-state index in [1.165, 1.54) is 38.5 Å². The molecule has 0 aliphatic carbocycles. The van der Waals surface area contributed by atoms with Gasteiger partial charge in [0.15, 0.2) is 5.78 Å². The van der Waals surface area contributed by atoms with Gasteiger partial charge in [0.1, 0.15) is 0 Å². The summed E-state index contributed by atoms with van der Waals surface area (Å²) in [5.74, 6) is 0.947. The molecule has 0 rings (SSSR count). The number of alkyl halides is 3. The molecule has 5 heteroatoms. The summed E-state index contributed by atoms with van der Waals surface area (Å²) in [6, 6.07) is 0. The molecule has 0 unspecified atom stereocenters. The Bertz CT molecular complexity index is 204. The largest absolute Gasteiger partial charge is 0.294 e. The predicted octanol–water partition coefficient (Wildman–Crippen LogP) is 5.41. The van der Waals surface area contributed by atoms with Crippen LogP contribution in [0.15, 0.2) is 0 Å². The van der Waals surface area contributed by atoms with Gasteiger partial charge in [0.2, 0.25) is 3.79 Å². The van der Waals surface area contributed by atoms with E-state index in [0.717, 1.165) is 12.2 Å². The molecule has 0 aromatic carbocycles. The van der Waals surface area contributed by atoms with Crippen LogP contribution in [0.5, 0.6) is 0 Å². The van der Waals surface area contributed by atoms with E-state index in [1.807, 2.05) is 0 Å². The lowest BCUT2D eigenvalue weighted by Gasteiger charge is -2.08. The van der Waals surface area contributed by atoms with Crippen LogP contribution in [-0.2, 0) is 4.79 Å². The van der Waals surface area contributed by atoms with Crippen molar-refractivity contribution in [2.45, 2.75) is 55.7 Å². The average Bonchev–Trinajstić information content (AvgIpc) is 2.25. The molecule has 0 amide bonds. The molecule has 0 aromatic heterocycles. The first kappa shape index (κ1) is 17.9. The lowest BCUT2D eigenvalue weighted by molar-refractivity contribution is -0.115. The molecule has 0 radical (unpaired) electrons. The van der Waals surface area contributed by atoms with Gasteiger partial charge in [-0.25, -0.2) is 0 Å². The number of Topliss-reactive ketones (excluding diaryl/α,β-unsaturated/α-hetero) is 1. The SMILES string of the molecule is CCCCCCCCCSCC(=O)C(Cl)(Cl)Cl. The minimum Gasteiger partial charge on any atom is -0.294 e. The van der Waals surface area contributed by atoms with Crippen LogP contribution in [0.25, 0.3) is 0 Å². The van der Waals surface area contributed by atoms with Crippen molar-refractivity contribution < 1.29 is 4.79 Å². The molecule has 0 spiro atoms. The smallest absolute Gasteiger partial charge is 0.249 e. The Kier molecular flexibility index (Phi) is 11.3. The second kappa shape index (κ2) is 10.8. The van der Waals surface area contributed by atoms with Crippen LogP contribution >= 0.6 is 46.6 Å². The fourth-order valence-corrected chi connectivity index (χ4v) is 2.80. The zero-order valence-corrected chi connectivity index (χ0v) is 13.4. The normalized spacial score (nSPS) is 11.8. The molecule has 102 valence electrons. The molecule has 0 saturated heterocycles. The number of carbonyl (C=O) groups is 1. The quantitative estimate of drug-likeness (QED) is 0.395. The molecule has 0 fully saturated rings. The number of thioether (sulfide) groups is 1. The topological polar surface area (TPSA) is 17.1 Å². The summed E-state index contributed by atoms with van der Waals surface area (Å²) in [7, 11) is 0. The fourth-order valence-electron chi connectivity index (χ4n) is 1.41. The highest BCUT2D eigenvalue weighted by Gasteiger charge is 2.29. The maximum absolute atomic E-state index is 11.3. The predicted molar refractivity (Wildman–Crippen MR) is 80.6 cm³/mol. The standard InChI is InChI=1S/C12H21Cl3OS/c1-2-3-4-5-6-7-8-9-17-10-11(16)12(13,14)15/h2-10H2,1H3. The number of hydrogen-bond acceptors (Lipinski definition) is 2. The molecule has 0 heterocycles. The van der Waals surface area contributed by atoms with Crippen LogP contribution in [0.4, 0.5) is 0 Å². The molecular formula is C12H21Cl3OS. The second-order valence-electron chi connectivity index (χ2n) is 4.09. The molecule has 0 bridgehead atoms. The van der Waals surface area contributed by atoms with Crippen molar-refractivity contribution in [3.8, 4) is 0 Å². The van der Waals surface area contributed by atoms with E-state index in [2.05, 4.69) is 6.92 Å². The van der Waals surface area contributed by atoms with Crippen molar-refractivity contribution in [3.05, 3.63) is 0 Å². The monoisotopic (exact) mass is 318 g/mol. The highest BCUT2D eigenvalue weighted by atomic mass is 35.6. The van der Waals surface area contributed by atoms with Crippen LogP contribution in [0.3, 0.4) is 0 Å². The van der Waals surface area contributed by atoms with E-state index in [4.69, 9.17) is 34.8 Å². The van der Waals surface area contributed by atoms with E-state index < -0.39 is 3.79 Å². The van der Waals surface area contributed by atoms with Gasteiger partial charge >= 0.3 is 0 Å². The van der Waals surface area contributed by atoms with Gasteiger partial charge in [-0.2, -0.15) is 11.8 Å². The molecule has 0 aliphatic rings. The average molecular weight is 320 g/mol. The third kappa shape index (κ3) is 11.7. The number of carbonyl (C=O) groups excluding carboxylic acids is 1. The zero-order valence-electron chi connectivity index (χ0n) is 10.3. The van der Waals surface area contributed by atoms with E-state index in [0.29, 0.717) is 5.75 Å². The van der Waals surface area contributed by atoms with Crippen molar-refractivity contribution in [1.29, 1.82) is 0 Å². The van der Waals surface area contributed by atoms with Gasteiger partial charge in [0, 0.05) is 0 Å². The van der Waals surface area contributed by atoms with Crippen molar-refractivity contribution in [2.24, 2.45) is 0 Å². The summed E-state index contributed by atoms with van der Waals surface area (Å²) >= 11 is 17.9. The van der Waals surface area contributed by atoms with Crippen LogP contribution in [0.1, 0.15) is 51.9 Å². The molecule has 0 N–H and O–H groups in total. The van der Waals surface area contributed by atoms with Crippen LogP contribution < -0.4 is 0 Å². The van der Waals surface area contributed by atoms with Crippen LogP contribution in [0.2, 0.25) is 0 Å². The van der Waals surface area contributed by atoms with Crippen molar-refractivity contribution in [1.82, 2.24) is 0 Å². The second-order valence-corrected chi connectivity index (χ2v) is 7.48. The third-order valence-electron chi connectivity index (χ3n) is 2.44. The summed E-state index contributed by atoms with van der Waals surface area (Å²) in [5, 5.41) is 0. The molecule has 0 saturated carbocycles. The highest BCUT2D eigenvalue weighted by molar-refractivity contribution is 7.99. The first-order valence-corrected chi connectivity index (χ1v) is 8.45. The molecule has 0 aromatic rings. The van der Waals surface area contributed by atoms with Gasteiger partial charge in [0.25, 0.3) is 0 Å². The van der Waals surface area contributed by atoms with Crippen molar-refractivity contribution in [2.75, 3.05) is 11.5 Å². The summed E-state index contributed by atoms with van der Waals surface area (Å²) in [6.07, 6.45) is 8.96. The Morgan fingerprint density at radius 2 is 1.53 bits per heavy atom. The molecule has 1 nitrogen and oxygen atoms in total. The Labute approximate surface area is 124 Å². The maximum atomic E-state index is 11.3. The first-order chi connectivity index (χ1) is 7.98. The minimum atomic E-state index is -1.74. The van der Waals surface area contributed by atoms with Crippen LogP contribution in [-0.4, -0.2) is 21.1 Å². The Balaban J connectivity index is 3.22. The van der Waals surface area contributed by atoms with E-state index >= 15 is 0 Å². The molecular weight excluding hydrogens is 299 g/mol. The Morgan fingerprint density at radius 1 is 1.00 bits per heavy atom. The summed E-state index contributed by atoms with van der Waals surface area (Å²) in [4.78, 5) is 11.3. The Morgan fingerprint density at radius 3 is 2.06 bits per heavy atom. The third-order valence-corrected chi connectivity index (χ3v) is 4.12. The van der Waals surface area contributed by atoms with Crippen LogP contribution in [0, 0.1) is 0 Å². The molecule has 17 heavy (non-hydrogen) atoms. The van der Waals surface area contributed by atoms with Crippen molar-refractivity contribution in [3.63, 3.8) is 0 Å². The van der Waals surface area contributed by atoms with E-state index in [9.17, 15) is 4.79 Å². The summed E-state index contributed by atoms with van der Waals surface area (Å²) in [6.45, 7) is 2.22. The summed E-state index contributed by atoms with van der Waals surface area (Å²) < 4.78 is -1.74. The molecule has 0 aliphatic heterocycles.